The van der Waals surface area contributed by atoms with Crippen LogP contribution in [0.2, 0.25) is 5.02 Å². The van der Waals surface area contributed by atoms with Gasteiger partial charge >= 0.3 is 0 Å². The van der Waals surface area contributed by atoms with E-state index in [-0.39, 0.29) is 6.04 Å². The van der Waals surface area contributed by atoms with E-state index in [1.807, 2.05) is 18.2 Å². The Kier molecular flexibility index (Phi) is 5.72. The van der Waals surface area contributed by atoms with E-state index in [2.05, 4.69) is 13.0 Å². The van der Waals surface area contributed by atoms with Crippen molar-refractivity contribution in [2.45, 2.75) is 57.9 Å². The third-order valence-corrected chi connectivity index (χ3v) is 4.98. The van der Waals surface area contributed by atoms with Gasteiger partial charge in [-0.1, -0.05) is 62.4 Å². The Morgan fingerprint density at radius 3 is 2.53 bits per heavy atom. The lowest BCUT2D eigenvalue weighted by atomic mass is 9.76. The van der Waals surface area contributed by atoms with E-state index in [1.165, 1.54) is 44.1 Å². The van der Waals surface area contributed by atoms with Gasteiger partial charge < -0.3 is 5.73 Å². The zero-order valence-electron chi connectivity index (χ0n) is 11.9. The SMILES string of the molecule is CCCC1CCC(C(N)Cc2ccccc2Cl)CC1. The average Bonchev–Trinajstić information content (AvgIpc) is 2.42. The van der Waals surface area contributed by atoms with Crippen molar-refractivity contribution in [3.63, 3.8) is 0 Å². The number of benzene rings is 1. The summed E-state index contributed by atoms with van der Waals surface area (Å²) in [5.74, 6) is 1.64. The second kappa shape index (κ2) is 7.31. The second-order valence-corrected chi connectivity index (χ2v) is 6.44. The summed E-state index contributed by atoms with van der Waals surface area (Å²) in [6.07, 6.45) is 8.98. The number of hydrogen-bond acceptors (Lipinski definition) is 1. The maximum atomic E-state index is 6.41. The van der Waals surface area contributed by atoms with Crippen LogP contribution in [0.1, 0.15) is 51.0 Å². The smallest absolute Gasteiger partial charge is 0.0438 e. The van der Waals surface area contributed by atoms with Crippen molar-refractivity contribution < 1.29 is 0 Å². The van der Waals surface area contributed by atoms with Crippen LogP contribution in [-0.2, 0) is 6.42 Å². The van der Waals surface area contributed by atoms with Crippen LogP contribution < -0.4 is 5.73 Å². The van der Waals surface area contributed by atoms with Crippen LogP contribution in [0.25, 0.3) is 0 Å². The fourth-order valence-corrected chi connectivity index (χ4v) is 3.61. The first-order chi connectivity index (χ1) is 9.20. The molecule has 1 atom stereocenters. The van der Waals surface area contributed by atoms with E-state index in [9.17, 15) is 0 Å². The third kappa shape index (κ3) is 4.22. The van der Waals surface area contributed by atoms with Gasteiger partial charge in [0.05, 0.1) is 0 Å². The number of rotatable bonds is 5. The van der Waals surface area contributed by atoms with E-state index in [0.29, 0.717) is 5.92 Å². The van der Waals surface area contributed by atoms with Crippen molar-refractivity contribution in [3.8, 4) is 0 Å². The Morgan fingerprint density at radius 2 is 1.89 bits per heavy atom. The lowest BCUT2D eigenvalue weighted by Crippen LogP contribution is -2.35. The van der Waals surface area contributed by atoms with Crippen LogP contribution in [0.15, 0.2) is 24.3 Å². The first-order valence-corrected chi connectivity index (χ1v) is 8.07. The lowest BCUT2D eigenvalue weighted by molar-refractivity contribution is 0.232. The van der Waals surface area contributed by atoms with Crippen molar-refractivity contribution in [1.29, 1.82) is 0 Å². The molecule has 106 valence electrons. The maximum absolute atomic E-state index is 6.41. The van der Waals surface area contributed by atoms with E-state index in [1.54, 1.807) is 0 Å². The van der Waals surface area contributed by atoms with Gasteiger partial charge in [-0.15, -0.1) is 0 Å². The number of hydrogen-bond donors (Lipinski definition) is 1. The highest BCUT2D eigenvalue weighted by molar-refractivity contribution is 6.31. The van der Waals surface area contributed by atoms with E-state index < -0.39 is 0 Å². The summed E-state index contributed by atoms with van der Waals surface area (Å²) in [5.41, 5.74) is 7.61. The average molecular weight is 280 g/mol. The second-order valence-electron chi connectivity index (χ2n) is 6.03. The molecule has 19 heavy (non-hydrogen) atoms. The molecule has 0 bridgehead atoms. The first-order valence-electron chi connectivity index (χ1n) is 7.69. The number of halogens is 1. The molecule has 0 aliphatic heterocycles. The molecule has 1 aromatic rings. The molecule has 2 rings (SSSR count). The largest absolute Gasteiger partial charge is 0.327 e. The minimum Gasteiger partial charge on any atom is -0.327 e. The van der Waals surface area contributed by atoms with Gasteiger partial charge in [0.2, 0.25) is 0 Å². The van der Waals surface area contributed by atoms with Crippen molar-refractivity contribution in [3.05, 3.63) is 34.9 Å². The fraction of sp³-hybridized carbons (Fsp3) is 0.647. The van der Waals surface area contributed by atoms with Crippen molar-refractivity contribution in [2.24, 2.45) is 17.6 Å². The normalized spacial score (nSPS) is 25.2. The van der Waals surface area contributed by atoms with Crippen molar-refractivity contribution in [1.82, 2.24) is 0 Å². The van der Waals surface area contributed by atoms with Gasteiger partial charge in [0, 0.05) is 11.1 Å². The highest BCUT2D eigenvalue weighted by Crippen LogP contribution is 2.33. The Balaban J connectivity index is 1.85. The molecule has 1 saturated carbocycles. The summed E-state index contributed by atoms with van der Waals surface area (Å²) in [6.45, 7) is 2.29. The van der Waals surface area contributed by atoms with Gasteiger partial charge in [-0.25, -0.2) is 0 Å². The van der Waals surface area contributed by atoms with Crippen LogP contribution in [0.4, 0.5) is 0 Å². The zero-order valence-corrected chi connectivity index (χ0v) is 12.7. The van der Waals surface area contributed by atoms with Crippen LogP contribution in [0.5, 0.6) is 0 Å². The monoisotopic (exact) mass is 279 g/mol. The Bertz CT molecular complexity index is 383. The van der Waals surface area contributed by atoms with Gasteiger partial charge in [-0.3, -0.25) is 0 Å². The van der Waals surface area contributed by atoms with Crippen molar-refractivity contribution >= 4 is 11.6 Å². The van der Waals surface area contributed by atoms with Gasteiger partial charge in [0.1, 0.15) is 0 Å². The molecule has 1 aliphatic carbocycles. The molecule has 1 fully saturated rings. The highest BCUT2D eigenvalue weighted by atomic mass is 35.5. The standard InChI is InChI=1S/C17H26ClN/c1-2-5-13-8-10-14(11-9-13)17(19)12-15-6-3-4-7-16(15)18/h3-4,6-7,13-14,17H,2,5,8-12,19H2,1H3. The highest BCUT2D eigenvalue weighted by Gasteiger charge is 2.25. The van der Waals surface area contributed by atoms with Crippen LogP contribution in [-0.4, -0.2) is 6.04 Å². The van der Waals surface area contributed by atoms with Crippen LogP contribution >= 0.6 is 11.6 Å². The zero-order chi connectivity index (χ0) is 13.7. The minimum absolute atomic E-state index is 0.266. The summed E-state index contributed by atoms with van der Waals surface area (Å²) >= 11 is 6.22. The topological polar surface area (TPSA) is 26.0 Å². The third-order valence-electron chi connectivity index (χ3n) is 4.61. The van der Waals surface area contributed by atoms with Gasteiger partial charge in [0.15, 0.2) is 0 Å². The Hall–Kier alpha value is -0.530. The molecule has 0 amide bonds. The molecule has 0 radical (unpaired) electrons. The molecule has 1 unspecified atom stereocenters. The van der Waals surface area contributed by atoms with Crippen molar-refractivity contribution in [2.75, 3.05) is 0 Å². The van der Waals surface area contributed by atoms with E-state index >= 15 is 0 Å². The molecule has 2 N–H and O–H groups in total. The predicted molar refractivity (Wildman–Crippen MR) is 83.5 cm³/mol. The summed E-state index contributed by atoms with van der Waals surface area (Å²) in [4.78, 5) is 0. The van der Waals surface area contributed by atoms with E-state index in [4.69, 9.17) is 17.3 Å². The molecule has 0 spiro atoms. The van der Waals surface area contributed by atoms with Crippen LogP contribution in [0.3, 0.4) is 0 Å². The van der Waals surface area contributed by atoms with E-state index in [0.717, 1.165) is 17.4 Å². The quantitative estimate of drug-likeness (QED) is 0.822. The van der Waals surface area contributed by atoms with Crippen LogP contribution in [0, 0.1) is 11.8 Å². The summed E-state index contributed by atoms with van der Waals surface area (Å²) < 4.78 is 0. The maximum Gasteiger partial charge on any atom is 0.0438 e. The summed E-state index contributed by atoms with van der Waals surface area (Å²) in [6, 6.07) is 8.36. The molecule has 1 nitrogen and oxygen atoms in total. The number of nitrogens with two attached hydrogens (primary N) is 1. The molecule has 0 aromatic heterocycles. The Morgan fingerprint density at radius 1 is 1.21 bits per heavy atom. The fourth-order valence-electron chi connectivity index (χ4n) is 3.40. The Labute approximate surface area is 122 Å². The summed E-state index contributed by atoms with van der Waals surface area (Å²) in [7, 11) is 0. The molecule has 1 aliphatic rings. The predicted octanol–water partition coefficient (Wildman–Crippen LogP) is 4.82. The summed E-state index contributed by atoms with van der Waals surface area (Å²) in [5, 5.41) is 0.859. The van der Waals surface area contributed by atoms with Gasteiger partial charge in [0.25, 0.3) is 0 Å². The van der Waals surface area contributed by atoms with Gasteiger partial charge in [-0.2, -0.15) is 0 Å². The van der Waals surface area contributed by atoms with Gasteiger partial charge in [-0.05, 0) is 42.7 Å². The minimum atomic E-state index is 0.266. The molecule has 1 aromatic carbocycles. The molecule has 0 heterocycles. The molecule has 2 heteroatoms. The lowest BCUT2D eigenvalue weighted by Gasteiger charge is -2.32. The molecular weight excluding hydrogens is 254 g/mol. The first kappa shape index (κ1) is 14.9. The molecule has 0 saturated heterocycles. The molecular formula is C17H26ClN.